The number of ether oxygens (including phenoxy) is 1. The summed E-state index contributed by atoms with van der Waals surface area (Å²) in [5, 5.41) is 20.3. The highest BCUT2D eigenvalue weighted by molar-refractivity contribution is 5.82. The van der Waals surface area contributed by atoms with Gasteiger partial charge in [0.2, 0.25) is 0 Å². The molecule has 0 aromatic rings. The van der Waals surface area contributed by atoms with Crippen LogP contribution in [0, 0.1) is 0 Å². The predicted octanol–water partition coefficient (Wildman–Crippen LogP) is -1.06. The Hall–Kier alpha value is -1.38. The average Bonchev–Trinajstić information content (AvgIpc) is 2.97. The largest absolute Gasteiger partial charge is 0.480 e. The normalized spacial score (nSPS) is 24.8. The van der Waals surface area contributed by atoms with Gasteiger partial charge >= 0.3 is 12.0 Å². The van der Waals surface area contributed by atoms with Crippen LogP contribution < -0.4 is 5.32 Å². The zero-order valence-electron chi connectivity index (χ0n) is 12.0. The second-order valence-electron chi connectivity index (χ2n) is 5.39. The monoisotopic (exact) mass is 301 g/mol. The van der Waals surface area contributed by atoms with Crippen LogP contribution in [-0.4, -0.2) is 90.1 Å². The van der Waals surface area contributed by atoms with Gasteiger partial charge in [-0.15, -0.1) is 0 Å². The molecule has 2 atom stereocenters. The highest BCUT2D eigenvalue weighted by Crippen LogP contribution is 2.17. The number of nitrogens with one attached hydrogen (secondary N) is 1. The van der Waals surface area contributed by atoms with Crippen molar-refractivity contribution < 1.29 is 24.5 Å². The second kappa shape index (κ2) is 7.58. The Kier molecular flexibility index (Phi) is 5.77. The first-order chi connectivity index (χ1) is 10.1. The Morgan fingerprint density at radius 2 is 2.00 bits per heavy atom. The molecule has 0 saturated carbocycles. The Morgan fingerprint density at radius 1 is 1.29 bits per heavy atom. The van der Waals surface area contributed by atoms with Crippen LogP contribution in [0.3, 0.4) is 0 Å². The van der Waals surface area contributed by atoms with Gasteiger partial charge in [-0.05, 0) is 6.42 Å². The highest BCUT2D eigenvalue weighted by atomic mass is 16.5. The third-order valence-electron chi connectivity index (χ3n) is 4.03. The van der Waals surface area contributed by atoms with Crippen molar-refractivity contribution in [3.8, 4) is 0 Å². The Bertz CT molecular complexity index is 373. The van der Waals surface area contributed by atoms with Crippen LogP contribution in [0.25, 0.3) is 0 Å². The minimum atomic E-state index is -1.12. The predicted molar refractivity (Wildman–Crippen MR) is 74.0 cm³/mol. The highest BCUT2D eigenvalue weighted by Gasteiger charge is 2.32. The Morgan fingerprint density at radius 3 is 2.62 bits per heavy atom. The van der Waals surface area contributed by atoms with Crippen molar-refractivity contribution in [2.24, 2.45) is 0 Å². The van der Waals surface area contributed by atoms with Gasteiger partial charge in [-0.2, -0.15) is 0 Å². The van der Waals surface area contributed by atoms with Crippen LogP contribution >= 0.6 is 0 Å². The van der Waals surface area contributed by atoms with Crippen LogP contribution in [-0.2, 0) is 9.53 Å². The molecule has 2 aliphatic heterocycles. The zero-order chi connectivity index (χ0) is 15.2. The second-order valence-corrected chi connectivity index (χ2v) is 5.39. The van der Waals surface area contributed by atoms with E-state index in [2.05, 4.69) is 10.2 Å². The van der Waals surface area contributed by atoms with Crippen molar-refractivity contribution in [2.75, 3.05) is 46.0 Å². The number of amides is 2. The van der Waals surface area contributed by atoms with Crippen molar-refractivity contribution in [1.82, 2.24) is 15.1 Å². The number of likely N-dealkylation sites (tertiary alicyclic amines) is 1. The molecule has 0 bridgehead atoms. The van der Waals surface area contributed by atoms with Crippen LogP contribution in [0.1, 0.15) is 12.8 Å². The SMILES string of the molecule is O=C(O)[C@H](CCO)NC(=O)N1CCC(N2CCOCC2)C1. The number of rotatable bonds is 5. The lowest BCUT2D eigenvalue weighted by molar-refractivity contribution is -0.139. The van der Waals surface area contributed by atoms with Gasteiger partial charge < -0.3 is 25.2 Å². The smallest absolute Gasteiger partial charge is 0.326 e. The fourth-order valence-corrected chi connectivity index (χ4v) is 2.79. The minimum Gasteiger partial charge on any atom is -0.480 e. The summed E-state index contributed by atoms with van der Waals surface area (Å²) in [6.07, 6.45) is 0.910. The topological polar surface area (TPSA) is 102 Å². The molecule has 2 rings (SSSR count). The van der Waals surface area contributed by atoms with Crippen molar-refractivity contribution >= 4 is 12.0 Å². The van der Waals surface area contributed by atoms with E-state index in [1.807, 2.05) is 0 Å². The summed E-state index contributed by atoms with van der Waals surface area (Å²) in [6, 6.07) is -1.09. The van der Waals surface area contributed by atoms with Gasteiger partial charge in [-0.3, -0.25) is 4.90 Å². The number of carbonyl (C=O) groups is 2. The third kappa shape index (κ3) is 4.29. The molecular formula is C13H23N3O5. The molecule has 0 aromatic carbocycles. The Labute approximate surface area is 123 Å². The van der Waals surface area contributed by atoms with E-state index in [-0.39, 0.29) is 19.1 Å². The Balaban J connectivity index is 1.82. The van der Waals surface area contributed by atoms with Crippen LogP contribution in [0.15, 0.2) is 0 Å². The lowest BCUT2D eigenvalue weighted by atomic mass is 10.2. The maximum atomic E-state index is 12.1. The molecule has 1 unspecified atom stereocenters. The first kappa shape index (κ1) is 16.0. The molecule has 2 amide bonds. The van der Waals surface area contributed by atoms with Crippen molar-refractivity contribution in [3.63, 3.8) is 0 Å². The molecule has 0 spiro atoms. The molecule has 0 radical (unpaired) electrons. The molecule has 3 N–H and O–H groups in total. The molecule has 0 aliphatic carbocycles. The number of carboxylic acid groups (broad SMARTS) is 1. The molecular weight excluding hydrogens is 278 g/mol. The fraction of sp³-hybridized carbons (Fsp3) is 0.846. The molecule has 2 heterocycles. The maximum absolute atomic E-state index is 12.1. The van der Waals surface area contributed by atoms with Crippen LogP contribution in [0.4, 0.5) is 4.79 Å². The lowest BCUT2D eigenvalue weighted by Gasteiger charge is -2.32. The standard InChI is InChI=1S/C13H23N3O5/c17-6-2-11(12(18)19)14-13(20)16-3-1-10(9-16)15-4-7-21-8-5-15/h10-11,17H,1-9H2,(H,14,20)(H,18,19)/t10?,11-/m0/s1. The van der Waals surface area contributed by atoms with E-state index in [9.17, 15) is 9.59 Å². The number of hydrogen-bond donors (Lipinski definition) is 3. The summed E-state index contributed by atoms with van der Waals surface area (Å²) in [5.41, 5.74) is 0. The van der Waals surface area contributed by atoms with Gasteiger partial charge in [0.25, 0.3) is 0 Å². The van der Waals surface area contributed by atoms with Gasteiger partial charge in [0.15, 0.2) is 0 Å². The molecule has 21 heavy (non-hydrogen) atoms. The average molecular weight is 301 g/mol. The van der Waals surface area contributed by atoms with Crippen molar-refractivity contribution in [1.29, 1.82) is 0 Å². The van der Waals surface area contributed by atoms with Gasteiger partial charge in [0, 0.05) is 45.2 Å². The number of carbonyl (C=O) groups excluding carboxylic acids is 1. The quantitative estimate of drug-likeness (QED) is 0.598. The van der Waals surface area contributed by atoms with Gasteiger partial charge in [-0.25, -0.2) is 9.59 Å². The van der Waals surface area contributed by atoms with E-state index in [0.717, 1.165) is 32.7 Å². The number of carboxylic acids is 1. The van der Waals surface area contributed by atoms with E-state index < -0.39 is 12.0 Å². The molecule has 2 fully saturated rings. The molecule has 2 aliphatic rings. The van der Waals surface area contributed by atoms with Crippen molar-refractivity contribution in [3.05, 3.63) is 0 Å². The van der Waals surface area contributed by atoms with Crippen LogP contribution in [0.2, 0.25) is 0 Å². The summed E-state index contributed by atoms with van der Waals surface area (Å²) in [7, 11) is 0. The first-order valence-electron chi connectivity index (χ1n) is 7.32. The van der Waals surface area contributed by atoms with E-state index in [1.54, 1.807) is 4.90 Å². The molecule has 0 aromatic heterocycles. The summed E-state index contributed by atoms with van der Waals surface area (Å²) in [5.74, 6) is -1.12. The minimum absolute atomic E-state index is 0.0157. The summed E-state index contributed by atoms with van der Waals surface area (Å²) >= 11 is 0. The summed E-state index contributed by atoms with van der Waals surface area (Å²) in [6.45, 7) is 4.16. The number of aliphatic hydroxyl groups is 1. The van der Waals surface area contributed by atoms with E-state index >= 15 is 0 Å². The van der Waals surface area contributed by atoms with Gasteiger partial charge in [0.1, 0.15) is 6.04 Å². The van der Waals surface area contributed by atoms with E-state index in [4.69, 9.17) is 14.9 Å². The summed E-state index contributed by atoms with van der Waals surface area (Å²) in [4.78, 5) is 27.0. The maximum Gasteiger partial charge on any atom is 0.326 e. The molecule has 2 saturated heterocycles. The molecule has 120 valence electrons. The lowest BCUT2D eigenvalue weighted by Crippen LogP contribution is -2.49. The van der Waals surface area contributed by atoms with Crippen molar-refractivity contribution in [2.45, 2.75) is 24.9 Å². The number of morpholine rings is 1. The fourth-order valence-electron chi connectivity index (χ4n) is 2.79. The van der Waals surface area contributed by atoms with Gasteiger partial charge in [0.05, 0.1) is 13.2 Å². The number of hydrogen-bond acceptors (Lipinski definition) is 5. The molecule has 8 nitrogen and oxygen atoms in total. The van der Waals surface area contributed by atoms with Gasteiger partial charge in [-0.1, -0.05) is 0 Å². The summed E-state index contributed by atoms with van der Waals surface area (Å²) < 4.78 is 5.32. The van der Waals surface area contributed by atoms with E-state index in [1.165, 1.54) is 0 Å². The number of urea groups is 1. The first-order valence-corrected chi connectivity index (χ1v) is 7.32. The van der Waals surface area contributed by atoms with E-state index in [0.29, 0.717) is 19.1 Å². The number of aliphatic carboxylic acids is 1. The number of nitrogens with zero attached hydrogens (tertiary/aromatic N) is 2. The van der Waals surface area contributed by atoms with Crippen LogP contribution in [0.5, 0.6) is 0 Å². The third-order valence-corrected chi connectivity index (χ3v) is 4.03. The molecule has 8 heteroatoms. The number of aliphatic hydroxyl groups excluding tert-OH is 1. The zero-order valence-corrected chi connectivity index (χ0v) is 12.0.